The summed E-state index contributed by atoms with van der Waals surface area (Å²) in [6.45, 7) is 10.6. The summed E-state index contributed by atoms with van der Waals surface area (Å²) in [5.41, 5.74) is -0.735. The van der Waals surface area contributed by atoms with Crippen LogP contribution in [0.4, 0.5) is 0 Å². The van der Waals surface area contributed by atoms with Gasteiger partial charge in [0.15, 0.2) is 5.69 Å². The van der Waals surface area contributed by atoms with Gasteiger partial charge in [0.05, 0.1) is 5.41 Å². The first-order valence-corrected chi connectivity index (χ1v) is 8.32. The number of carbonyl (C=O) groups excluding carboxylic acids is 2. The smallest absolute Gasteiger partial charge is 0.360 e. The van der Waals surface area contributed by atoms with Gasteiger partial charge in [0, 0.05) is 9.86 Å². The van der Waals surface area contributed by atoms with Gasteiger partial charge in [-0.25, -0.2) is 9.59 Å². The van der Waals surface area contributed by atoms with Gasteiger partial charge in [0.25, 0.3) is 0 Å². The van der Waals surface area contributed by atoms with E-state index < -0.39 is 23.0 Å². The average molecular weight is 397 g/mol. The molecule has 0 radical (unpaired) electrons. The lowest BCUT2D eigenvalue weighted by Gasteiger charge is -2.18. The first-order valence-electron chi connectivity index (χ1n) is 7.53. The van der Waals surface area contributed by atoms with Crippen molar-refractivity contribution in [3.63, 3.8) is 0 Å². The maximum Gasteiger partial charge on any atom is 0.360 e. The second kappa shape index (κ2) is 6.20. The molecule has 0 fully saturated rings. The zero-order valence-corrected chi connectivity index (χ0v) is 16.2. The largest absolute Gasteiger partial charge is 0.455 e. The van der Waals surface area contributed by atoms with Crippen molar-refractivity contribution in [2.24, 2.45) is 5.41 Å². The quantitative estimate of drug-likeness (QED) is 0.722. The molecule has 0 saturated heterocycles. The van der Waals surface area contributed by atoms with Crippen molar-refractivity contribution in [2.45, 2.75) is 47.1 Å². The van der Waals surface area contributed by atoms with Gasteiger partial charge in [-0.05, 0) is 59.7 Å². The second-order valence-corrected chi connectivity index (χ2v) is 8.43. The van der Waals surface area contributed by atoms with E-state index in [0.29, 0.717) is 10.9 Å². The summed E-state index contributed by atoms with van der Waals surface area (Å²) in [6, 6.07) is 5.24. The first kappa shape index (κ1) is 18.4. The van der Waals surface area contributed by atoms with Gasteiger partial charge in [-0.2, -0.15) is 0 Å². The molecular formula is C17H21BrN2O4. The van der Waals surface area contributed by atoms with Crippen LogP contribution in [0.3, 0.4) is 0 Å². The van der Waals surface area contributed by atoms with Gasteiger partial charge in [-0.1, -0.05) is 20.8 Å². The van der Waals surface area contributed by atoms with Crippen molar-refractivity contribution in [2.75, 3.05) is 0 Å². The summed E-state index contributed by atoms with van der Waals surface area (Å²) in [4.78, 5) is 31.0. The van der Waals surface area contributed by atoms with Crippen LogP contribution in [0.2, 0.25) is 0 Å². The Balaban J connectivity index is 2.51. The molecule has 0 aliphatic heterocycles. The van der Waals surface area contributed by atoms with Crippen LogP contribution in [0.1, 0.15) is 52.0 Å². The molecule has 0 saturated carbocycles. The Morgan fingerprint density at radius 1 is 1.12 bits per heavy atom. The summed E-state index contributed by atoms with van der Waals surface area (Å²) < 4.78 is 6.17. The van der Waals surface area contributed by atoms with Crippen molar-refractivity contribution < 1.29 is 19.2 Å². The van der Waals surface area contributed by atoms with Crippen LogP contribution >= 0.6 is 15.9 Å². The maximum absolute atomic E-state index is 12.4. The predicted molar refractivity (Wildman–Crippen MR) is 93.6 cm³/mol. The molecule has 0 N–H and O–H groups in total. The van der Waals surface area contributed by atoms with E-state index in [4.69, 9.17) is 9.57 Å². The van der Waals surface area contributed by atoms with Crippen LogP contribution in [0.15, 0.2) is 22.7 Å². The molecule has 130 valence electrons. The lowest BCUT2D eigenvalue weighted by atomic mass is 9.98. The monoisotopic (exact) mass is 396 g/mol. The normalized spacial score (nSPS) is 12.3. The highest BCUT2D eigenvalue weighted by Crippen LogP contribution is 2.25. The summed E-state index contributed by atoms with van der Waals surface area (Å²) in [6.07, 6.45) is 0. The molecule has 0 unspecified atom stereocenters. The van der Waals surface area contributed by atoms with Crippen LogP contribution in [-0.4, -0.2) is 27.5 Å². The van der Waals surface area contributed by atoms with Gasteiger partial charge in [0.2, 0.25) is 0 Å². The van der Waals surface area contributed by atoms with E-state index in [9.17, 15) is 9.59 Å². The minimum absolute atomic E-state index is 0.0999. The number of rotatable bonds is 2. The summed E-state index contributed by atoms with van der Waals surface area (Å²) in [5.74, 6) is -1.03. The minimum atomic E-state index is -0.695. The van der Waals surface area contributed by atoms with Crippen molar-refractivity contribution in [1.82, 2.24) is 9.94 Å². The number of esters is 1. The maximum atomic E-state index is 12.4. The van der Waals surface area contributed by atoms with E-state index in [1.165, 1.54) is 0 Å². The molecule has 7 heteroatoms. The molecule has 1 aromatic heterocycles. The van der Waals surface area contributed by atoms with Crippen LogP contribution in [0.25, 0.3) is 10.9 Å². The van der Waals surface area contributed by atoms with Gasteiger partial charge in [-0.3, -0.25) is 0 Å². The Hall–Kier alpha value is -1.89. The Morgan fingerprint density at radius 3 is 2.29 bits per heavy atom. The molecule has 2 aromatic rings. The number of benzene rings is 1. The molecule has 0 atom stereocenters. The Kier molecular flexibility index (Phi) is 4.77. The molecule has 2 rings (SSSR count). The zero-order valence-electron chi connectivity index (χ0n) is 14.6. The molecule has 0 spiro atoms. The minimum Gasteiger partial charge on any atom is -0.455 e. The predicted octanol–water partition coefficient (Wildman–Crippen LogP) is 3.76. The van der Waals surface area contributed by atoms with E-state index >= 15 is 0 Å². The molecule has 0 aliphatic carbocycles. The molecule has 1 aromatic carbocycles. The number of halogens is 1. The van der Waals surface area contributed by atoms with Crippen LogP contribution in [0.5, 0.6) is 0 Å². The number of carbonyl (C=O) groups is 2. The molecule has 24 heavy (non-hydrogen) atoms. The fourth-order valence-corrected chi connectivity index (χ4v) is 2.19. The second-order valence-electron chi connectivity index (χ2n) is 7.51. The standard InChI is InChI=1S/C17H21BrN2O4/c1-16(2,3)15(22)24-20-12-8-7-10(18)9-11(12)13(19-20)14(21)23-17(4,5)6/h7-9H,1-6H3. The number of ether oxygens (including phenoxy) is 1. The van der Waals surface area contributed by atoms with Crippen LogP contribution in [-0.2, 0) is 9.53 Å². The van der Waals surface area contributed by atoms with Gasteiger partial charge in [-0.15, -0.1) is 5.10 Å². The van der Waals surface area contributed by atoms with Gasteiger partial charge >= 0.3 is 11.9 Å². The number of aromatic nitrogens is 2. The molecule has 1 heterocycles. The third-order valence-corrected chi connectivity index (χ3v) is 3.48. The molecular weight excluding hydrogens is 376 g/mol. The van der Waals surface area contributed by atoms with E-state index in [1.54, 1.807) is 59.7 Å². The molecule has 0 amide bonds. The summed E-state index contributed by atoms with van der Waals surface area (Å²) >= 11 is 3.37. The van der Waals surface area contributed by atoms with E-state index in [0.717, 1.165) is 9.32 Å². The SMILES string of the molecule is CC(C)(C)OC(=O)c1nn(OC(=O)C(C)(C)C)c2ccc(Br)cc12. The Labute approximate surface area is 149 Å². The van der Waals surface area contributed by atoms with Gasteiger partial charge in [0.1, 0.15) is 11.1 Å². The number of hydrogen-bond donors (Lipinski definition) is 0. The molecule has 0 aliphatic rings. The Bertz CT molecular complexity index is 797. The number of hydrogen-bond acceptors (Lipinski definition) is 5. The number of nitrogens with zero attached hydrogens (tertiary/aromatic N) is 2. The fourth-order valence-electron chi connectivity index (χ4n) is 1.83. The lowest BCUT2D eigenvalue weighted by Crippen LogP contribution is -2.32. The van der Waals surface area contributed by atoms with Crippen molar-refractivity contribution in [3.8, 4) is 0 Å². The van der Waals surface area contributed by atoms with Crippen molar-refractivity contribution in [3.05, 3.63) is 28.4 Å². The Morgan fingerprint density at radius 2 is 1.75 bits per heavy atom. The van der Waals surface area contributed by atoms with Crippen molar-refractivity contribution in [1.29, 1.82) is 0 Å². The third kappa shape index (κ3) is 4.14. The van der Waals surface area contributed by atoms with Crippen LogP contribution in [0, 0.1) is 5.41 Å². The van der Waals surface area contributed by atoms with Crippen LogP contribution < -0.4 is 4.84 Å². The summed E-state index contributed by atoms with van der Waals surface area (Å²) in [7, 11) is 0. The summed E-state index contributed by atoms with van der Waals surface area (Å²) in [5, 5.41) is 4.69. The first-order chi connectivity index (χ1) is 10.9. The van der Waals surface area contributed by atoms with Gasteiger partial charge < -0.3 is 9.57 Å². The fraction of sp³-hybridized carbons (Fsp3) is 0.471. The lowest BCUT2D eigenvalue weighted by molar-refractivity contribution is -0.154. The molecule has 0 bridgehead atoms. The van der Waals surface area contributed by atoms with E-state index in [-0.39, 0.29) is 5.69 Å². The molecule has 6 nitrogen and oxygen atoms in total. The average Bonchev–Trinajstić information content (AvgIpc) is 2.73. The van der Waals surface area contributed by atoms with E-state index in [2.05, 4.69) is 21.0 Å². The van der Waals surface area contributed by atoms with E-state index in [1.807, 2.05) is 0 Å². The highest BCUT2D eigenvalue weighted by atomic mass is 79.9. The highest BCUT2D eigenvalue weighted by Gasteiger charge is 2.28. The highest BCUT2D eigenvalue weighted by molar-refractivity contribution is 9.10. The van der Waals surface area contributed by atoms with Crippen molar-refractivity contribution >= 4 is 38.8 Å². The number of fused-ring (bicyclic) bond motifs is 1. The zero-order chi connectivity index (χ0) is 18.3. The third-order valence-electron chi connectivity index (χ3n) is 2.98. The topological polar surface area (TPSA) is 70.4 Å².